The van der Waals surface area contributed by atoms with E-state index < -0.39 is 0 Å². The van der Waals surface area contributed by atoms with Gasteiger partial charge in [-0.2, -0.15) is 0 Å². The number of ether oxygens (including phenoxy) is 1. The summed E-state index contributed by atoms with van der Waals surface area (Å²) in [6.45, 7) is 0. The number of rotatable bonds is 3. The van der Waals surface area contributed by atoms with Gasteiger partial charge in [-0.05, 0) is 37.6 Å². The molecule has 0 aromatic heterocycles. The number of halogens is 1. The summed E-state index contributed by atoms with van der Waals surface area (Å²) in [5.74, 6) is 0.690. The Morgan fingerprint density at radius 2 is 2.13 bits per heavy atom. The second-order valence-electron chi connectivity index (χ2n) is 3.84. The van der Waals surface area contributed by atoms with Crippen molar-refractivity contribution < 1.29 is 9.84 Å². The van der Waals surface area contributed by atoms with Crippen LogP contribution in [0.4, 0.5) is 0 Å². The van der Waals surface area contributed by atoms with Gasteiger partial charge in [0.05, 0.1) is 7.11 Å². The van der Waals surface area contributed by atoms with E-state index >= 15 is 0 Å². The maximum absolute atomic E-state index is 9.73. The van der Waals surface area contributed by atoms with Gasteiger partial charge in [-0.3, -0.25) is 0 Å². The highest BCUT2D eigenvalue weighted by atomic mass is 79.9. The fourth-order valence-corrected chi connectivity index (χ4v) is 2.55. The van der Waals surface area contributed by atoms with E-state index in [4.69, 9.17) is 4.74 Å². The molecular weight excluding hydrogens is 258 g/mol. The number of phenolic OH excluding ortho intramolecular Hbond substituents is 1. The van der Waals surface area contributed by atoms with E-state index in [0.29, 0.717) is 5.75 Å². The molecule has 0 aliphatic heterocycles. The Hall–Kier alpha value is -0.740. The van der Waals surface area contributed by atoms with Crippen LogP contribution in [0.1, 0.15) is 18.4 Å². The zero-order valence-electron chi connectivity index (χ0n) is 8.80. The predicted molar refractivity (Wildman–Crippen MR) is 62.3 cm³/mol. The molecule has 0 atom stereocenters. The number of hydrogen-bond donors (Lipinski definition) is 2. The molecule has 15 heavy (non-hydrogen) atoms. The van der Waals surface area contributed by atoms with Gasteiger partial charge in [0.15, 0.2) is 11.5 Å². The lowest BCUT2D eigenvalue weighted by atomic mass is 10.0. The highest BCUT2D eigenvalue weighted by molar-refractivity contribution is 9.10. The summed E-state index contributed by atoms with van der Waals surface area (Å²) in [6.07, 6.45) is 2.21. The molecule has 1 aromatic rings. The Kier molecular flexibility index (Phi) is 2.64. The number of aromatic hydroxyl groups is 1. The fraction of sp³-hybridized carbons (Fsp3) is 0.455. The van der Waals surface area contributed by atoms with Crippen molar-refractivity contribution in [1.29, 1.82) is 0 Å². The standard InChI is InChI=1S/C11H14BrNO2/c1-13-11(3-4-11)7-5-9(14)10(15-2)6-8(7)12/h5-6,13-14H,3-4H2,1-2H3. The molecule has 82 valence electrons. The third-order valence-corrected chi connectivity index (χ3v) is 3.67. The minimum absolute atomic E-state index is 0.0442. The van der Waals surface area contributed by atoms with Gasteiger partial charge in [0, 0.05) is 10.0 Å². The van der Waals surface area contributed by atoms with E-state index in [1.165, 1.54) is 0 Å². The van der Waals surface area contributed by atoms with Crippen molar-refractivity contribution in [1.82, 2.24) is 5.32 Å². The van der Waals surface area contributed by atoms with Crippen LogP contribution in [0, 0.1) is 0 Å². The third-order valence-electron chi connectivity index (χ3n) is 3.01. The molecule has 1 saturated carbocycles. The molecule has 1 aliphatic rings. The molecule has 0 bridgehead atoms. The first-order chi connectivity index (χ1) is 7.13. The maximum Gasteiger partial charge on any atom is 0.161 e. The molecule has 1 aromatic carbocycles. The zero-order valence-corrected chi connectivity index (χ0v) is 10.4. The first-order valence-corrected chi connectivity index (χ1v) is 5.68. The smallest absolute Gasteiger partial charge is 0.161 e. The van der Waals surface area contributed by atoms with Crippen molar-refractivity contribution in [3.63, 3.8) is 0 Å². The molecule has 2 rings (SSSR count). The Morgan fingerprint density at radius 3 is 2.60 bits per heavy atom. The third kappa shape index (κ3) is 1.72. The van der Waals surface area contributed by atoms with Gasteiger partial charge < -0.3 is 15.2 Å². The largest absolute Gasteiger partial charge is 0.504 e. The second kappa shape index (κ2) is 3.68. The van der Waals surface area contributed by atoms with Crippen LogP contribution in [0.3, 0.4) is 0 Å². The second-order valence-corrected chi connectivity index (χ2v) is 4.69. The van der Waals surface area contributed by atoms with Crippen LogP contribution in [0.2, 0.25) is 0 Å². The van der Waals surface area contributed by atoms with Crippen LogP contribution in [0.5, 0.6) is 11.5 Å². The Morgan fingerprint density at radius 1 is 1.47 bits per heavy atom. The molecule has 0 saturated heterocycles. The lowest BCUT2D eigenvalue weighted by molar-refractivity contribution is 0.372. The minimum atomic E-state index is 0.0442. The quantitative estimate of drug-likeness (QED) is 0.887. The minimum Gasteiger partial charge on any atom is -0.504 e. The molecule has 1 fully saturated rings. The number of benzene rings is 1. The fourth-order valence-electron chi connectivity index (χ4n) is 1.85. The lowest BCUT2D eigenvalue weighted by Gasteiger charge is -2.17. The van der Waals surface area contributed by atoms with Crippen molar-refractivity contribution in [2.45, 2.75) is 18.4 Å². The van der Waals surface area contributed by atoms with E-state index in [2.05, 4.69) is 21.2 Å². The summed E-state index contributed by atoms with van der Waals surface area (Å²) in [5.41, 5.74) is 1.14. The normalized spacial score (nSPS) is 17.5. The molecule has 0 amide bonds. The summed E-state index contributed by atoms with van der Waals surface area (Å²) in [7, 11) is 3.49. The predicted octanol–water partition coefficient (Wildman–Crippen LogP) is 2.37. The summed E-state index contributed by atoms with van der Waals surface area (Å²) >= 11 is 3.51. The Balaban J connectivity index is 2.45. The van der Waals surface area contributed by atoms with Gasteiger partial charge in [0.2, 0.25) is 0 Å². The van der Waals surface area contributed by atoms with E-state index in [0.717, 1.165) is 22.9 Å². The van der Waals surface area contributed by atoms with Crippen molar-refractivity contribution in [2.24, 2.45) is 0 Å². The number of nitrogens with one attached hydrogen (secondary N) is 1. The molecule has 2 N–H and O–H groups in total. The van der Waals surface area contributed by atoms with Crippen molar-refractivity contribution >= 4 is 15.9 Å². The summed E-state index contributed by atoms with van der Waals surface area (Å²) in [5, 5.41) is 13.0. The zero-order chi connectivity index (χ0) is 11.1. The van der Waals surface area contributed by atoms with Crippen molar-refractivity contribution in [3.8, 4) is 11.5 Å². The van der Waals surface area contributed by atoms with Crippen LogP contribution in [0.25, 0.3) is 0 Å². The molecule has 1 aliphatic carbocycles. The Bertz CT molecular complexity index is 388. The van der Waals surface area contributed by atoms with E-state index in [9.17, 15) is 5.11 Å². The first-order valence-electron chi connectivity index (χ1n) is 4.89. The highest BCUT2D eigenvalue weighted by Crippen LogP contribution is 2.49. The Labute approximate surface area is 97.6 Å². The van der Waals surface area contributed by atoms with Gasteiger partial charge in [-0.25, -0.2) is 0 Å². The molecule has 0 radical (unpaired) electrons. The van der Waals surface area contributed by atoms with Gasteiger partial charge in [-0.15, -0.1) is 0 Å². The molecule has 4 heteroatoms. The van der Waals surface area contributed by atoms with Crippen molar-refractivity contribution in [2.75, 3.05) is 14.2 Å². The van der Waals surface area contributed by atoms with Crippen molar-refractivity contribution in [3.05, 3.63) is 22.2 Å². The van der Waals surface area contributed by atoms with Gasteiger partial charge >= 0.3 is 0 Å². The van der Waals surface area contributed by atoms with Crippen LogP contribution < -0.4 is 10.1 Å². The monoisotopic (exact) mass is 271 g/mol. The van der Waals surface area contributed by atoms with E-state index in [1.807, 2.05) is 13.1 Å². The molecular formula is C11H14BrNO2. The highest BCUT2D eigenvalue weighted by Gasteiger charge is 2.44. The van der Waals surface area contributed by atoms with E-state index in [-0.39, 0.29) is 11.3 Å². The summed E-state index contributed by atoms with van der Waals surface area (Å²) < 4.78 is 6.02. The number of hydrogen-bond acceptors (Lipinski definition) is 3. The molecule has 0 spiro atoms. The SMILES string of the molecule is CNC1(c2cc(O)c(OC)cc2Br)CC1. The van der Waals surface area contributed by atoms with Crippen LogP contribution in [-0.2, 0) is 5.54 Å². The van der Waals surface area contributed by atoms with Crippen LogP contribution >= 0.6 is 15.9 Å². The molecule has 0 unspecified atom stereocenters. The topological polar surface area (TPSA) is 41.5 Å². The molecule has 3 nitrogen and oxygen atoms in total. The molecule has 0 heterocycles. The number of methoxy groups -OCH3 is 1. The van der Waals surface area contributed by atoms with Gasteiger partial charge in [-0.1, -0.05) is 15.9 Å². The average molecular weight is 272 g/mol. The van der Waals surface area contributed by atoms with Crippen LogP contribution in [0.15, 0.2) is 16.6 Å². The maximum atomic E-state index is 9.73. The van der Waals surface area contributed by atoms with Gasteiger partial charge in [0.1, 0.15) is 0 Å². The number of phenols is 1. The summed E-state index contributed by atoms with van der Waals surface area (Å²) in [4.78, 5) is 0. The van der Waals surface area contributed by atoms with E-state index in [1.54, 1.807) is 13.2 Å². The lowest BCUT2D eigenvalue weighted by Crippen LogP contribution is -2.24. The van der Waals surface area contributed by atoms with Gasteiger partial charge in [0.25, 0.3) is 0 Å². The van der Waals surface area contributed by atoms with Crippen LogP contribution in [-0.4, -0.2) is 19.3 Å². The summed E-state index contributed by atoms with van der Waals surface area (Å²) in [6, 6.07) is 3.58. The average Bonchev–Trinajstić information content (AvgIpc) is 3.01. The first kappa shape index (κ1) is 10.8.